The summed E-state index contributed by atoms with van der Waals surface area (Å²) in [7, 11) is 0. The molecule has 0 radical (unpaired) electrons. The summed E-state index contributed by atoms with van der Waals surface area (Å²) in [5, 5.41) is 0. The zero-order valence-corrected chi connectivity index (χ0v) is 9.89. The lowest BCUT2D eigenvalue weighted by atomic mass is 10.2. The Kier molecular flexibility index (Phi) is 3.83. The van der Waals surface area contributed by atoms with Crippen LogP contribution in [0.15, 0.2) is 17.2 Å². The highest BCUT2D eigenvalue weighted by Crippen LogP contribution is 2.15. The van der Waals surface area contributed by atoms with E-state index in [0.717, 1.165) is 45.4 Å². The smallest absolute Gasteiger partial charge is 0.328 e. The molecule has 1 aliphatic rings. The minimum Gasteiger partial charge on any atom is -0.378 e. The van der Waals surface area contributed by atoms with Crippen molar-refractivity contribution in [2.45, 2.75) is 51.8 Å². The molecular formula is C12H20N2O2. The van der Waals surface area contributed by atoms with Crippen molar-refractivity contribution >= 4 is 0 Å². The summed E-state index contributed by atoms with van der Waals surface area (Å²) in [6.45, 7) is 4.55. The maximum Gasteiger partial charge on any atom is 0.328 e. The van der Waals surface area contributed by atoms with Gasteiger partial charge in [-0.25, -0.2) is 4.79 Å². The largest absolute Gasteiger partial charge is 0.378 e. The molecule has 16 heavy (non-hydrogen) atoms. The first-order valence-electron chi connectivity index (χ1n) is 6.18. The van der Waals surface area contributed by atoms with Crippen LogP contribution in [0.3, 0.4) is 0 Å². The van der Waals surface area contributed by atoms with E-state index in [4.69, 9.17) is 4.74 Å². The molecule has 0 aliphatic carbocycles. The van der Waals surface area contributed by atoms with Gasteiger partial charge in [-0.2, -0.15) is 0 Å². The van der Waals surface area contributed by atoms with Gasteiger partial charge < -0.3 is 4.74 Å². The fourth-order valence-corrected chi connectivity index (χ4v) is 2.19. The number of hydrogen-bond acceptors (Lipinski definition) is 2. The third kappa shape index (κ3) is 2.55. The van der Waals surface area contributed by atoms with Crippen LogP contribution in [0, 0.1) is 0 Å². The molecule has 1 fully saturated rings. The number of nitrogens with zero attached hydrogens (tertiary/aromatic N) is 2. The van der Waals surface area contributed by atoms with E-state index < -0.39 is 0 Å². The molecule has 0 bridgehead atoms. The molecule has 1 saturated heterocycles. The number of aryl methyl sites for hydroxylation is 2. The molecule has 0 N–H and O–H groups in total. The molecule has 90 valence electrons. The van der Waals surface area contributed by atoms with Crippen LogP contribution in [0.2, 0.25) is 0 Å². The fraction of sp³-hybridized carbons (Fsp3) is 0.750. The van der Waals surface area contributed by atoms with Gasteiger partial charge in [0.1, 0.15) is 0 Å². The first kappa shape index (κ1) is 11.5. The number of hydrogen-bond donors (Lipinski definition) is 0. The summed E-state index contributed by atoms with van der Waals surface area (Å²) in [5.74, 6) is 0. The van der Waals surface area contributed by atoms with Crippen LogP contribution in [0.4, 0.5) is 0 Å². The van der Waals surface area contributed by atoms with E-state index in [1.807, 2.05) is 12.4 Å². The molecule has 2 rings (SSSR count). The van der Waals surface area contributed by atoms with E-state index in [-0.39, 0.29) is 5.69 Å². The van der Waals surface area contributed by atoms with E-state index >= 15 is 0 Å². The Morgan fingerprint density at radius 2 is 2.12 bits per heavy atom. The van der Waals surface area contributed by atoms with Gasteiger partial charge in [-0.05, 0) is 25.7 Å². The van der Waals surface area contributed by atoms with Gasteiger partial charge in [0.2, 0.25) is 0 Å². The minimum atomic E-state index is 0.111. The molecular weight excluding hydrogens is 204 g/mol. The number of aromatic nitrogens is 2. The average Bonchev–Trinajstić information content (AvgIpc) is 2.89. The van der Waals surface area contributed by atoms with Gasteiger partial charge in [0.05, 0.1) is 6.10 Å². The molecule has 1 unspecified atom stereocenters. The monoisotopic (exact) mass is 224 g/mol. The van der Waals surface area contributed by atoms with Crippen LogP contribution in [0.1, 0.15) is 32.6 Å². The lowest BCUT2D eigenvalue weighted by Gasteiger charge is -2.08. The second-order valence-corrected chi connectivity index (χ2v) is 4.39. The molecule has 0 saturated carbocycles. The molecule has 1 aromatic heterocycles. The summed E-state index contributed by atoms with van der Waals surface area (Å²) < 4.78 is 9.11. The Bertz CT molecular complexity index is 375. The predicted molar refractivity (Wildman–Crippen MR) is 62.6 cm³/mol. The molecule has 4 nitrogen and oxygen atoms in total. The summed E-state index contributed by atoms with van der Waals surface area (Å²) in [5.41, 5.74) is 0.111. The van der Waals surface area contributed by atoms with Crippen LogP contribution in [-0.4, -0.2) is 21.8 Å². The van der Waals surface area contributed by atoms with Gasteiger partial charge >= 0.3 is 5.69 Å². The lowest BCUT2D eigenvalue weighted by molar-refractivity contribution is 0.100. The molecule has 0 aromatic carbocycles. The molecule has 0 spiro atoms. The Morgan fingerprint density at radius 1 is 1.38 bits per heavy atom. The van der Waals surface area contributed by atoms with Crippen molar-refractivity contribution in [1.29, 1.82) is 0 Å². The average molecular weight is 224 g/mol. The van der Waals surface area contributed by atoms with Crippen molar-refractivity contribution in [2.75, 3.05) is 6.61 Å². The molecule has 1 atom stereocenters. The van der Waals surface area contributed by atoms with E-state index in [9.17, 15) is 4.79 Å². The normalized spacial score (nSPS) is 20.4. The van der Waals surface area contributed by atoms with Gasteiger partial charge in [0.15, 0.2) is 0 Å². The standard InChI is InChI=1S/C12H20N2O2/c1-2-6-13-8-9-14(12(13)15)7-5-11-4-3-10-16-11/h8-9,11H,2-7,10H2,1H3. The maximum atomic E-state index is 11.8. The summed E-state index contributed by atoms with van der Waals surface area (Å²) in [6, 6.07) is 0. The topological polar surface area (TPSA) is 36.2 Å². The second kappa shape index (κ2) is 5.34. The van der Waals surface area contributed by atoms with Crippen molar-refractivity contribution in [2.24, 2.45) is 0 Å². The Labute approximate surface area is 95.8 Å². The SMILES string of the molecule is CCCn1ccn(CCC2CCCO2)c1=O. The molecule has 0 amide bonds. The number of imidazole rings is 1. The zero-order chi connectivity index (χ0) is 11.4. The van der Waals surface area contributed by atoms with Crippen molar-refractivity contribution in [3.63, 3.8) is 0 Å². The first-order valence-corrected chi connectivity index (χ1v) is 6.18. The third-order valence-corrected chi connectivity index (χ3v) is 3.10. The van der Waals surface area contributed by atoms with Gasteiger partial charge in [-0.15, -0.1) is 0 Å². The first-order chi connectivity index (χ1) is 7.81. The number of rotatable bonds is 5. The fourth-order valence-electron chi connectivity index (χ4n) is 2.19. The molecule has 1 aliphatic heterocycles. The van der Waals surface area contributed by atoms with Gasteiger partial charge in [-0.1, -0.05) is 6.92 Å². The van der Waals surface area contributed by atoms with Crippen molar-refractivity contribution in [1.82, 2.24) is 9.13 Å². The van der Waals surface area contributed by atoms with E-state index in [1.165, 1.54) is 0 Å². The van der Waals surface area contributed by atoms with Crippen molar-refractivity contribution < 1.29 is 4.74 Å². The Morgan fingerprint density at radius 3 is 2.75 bits per heavy atom. The van der Waals surface area contributed by atoms with E-state index in [1.54, 1.807) is 9.13 Å². The van der Waals surface area contributed by atoms with Crippen LogP contribution in [-0.2, 0) is 17.8 Å². The molecule has 4 heteroatoms. The van der Waals surface area contributed by atoms with Gasteiger partial charge in [-0.3, -0.25) is 9.13 Å². The van der Waals surface area contributed by atoms with Crippen LogP contribution >= 0.6 is 0 Å². The summed E-state index contributed by atoms with van der Waals surface area (Å²) in [4.78, 5) is 11.8. The van der Waals surface area contributed by atoms with Gasteiger partial charge in [0.25, 0.3) is 0 Å². The zero-order valence-electron chi connectivity index (χ0n) is 9.89. The number of ether oxygens (including phenoxy) is 1. The lowest BCUT2D eigenvalue weighted by Crippen LogP contribution is -2.25. The Hall–Kier alpha value is -1.03. The van der Waals surface area contributed by atoms with Gasteiger partial charge in [0, 0.05) is 32.1 Å². The van der Waals surface area contributed by atoms with Crippen LogP contribution in [0.5, 0.6) is 0 Å². The summed E-state index contributed by atoms with van der Waals surface area (Å²) >= 11 is 0. The third-order valence-electron chi connectivity index (χ3n) is 3.10. The van der Waals surface area contributed by atoms with Crippen molar-refractivity contribution in [3.8, 4) is 0 Å². The molecule has 2 heterocycles. The van der Waals surface area contributed by atoms with Crippen molar-refractivity contribution in [3.05, 3.63) is 22.9 Å². The van der Waals surface area contributed by atoms with E-state index in [2.05, 4.69) is 6.92 Å². The Balaban J connectivity index is 1.91. The highest BCUT2D eigenvalue weighted by atomic mass is 16.5. The highest BCUT2D eigenvalue weighted by molar-refractivity contribution is 4.82. The van der Waals surface area contributed by atoms with Crippen LogP contribution < -0.4 is 5.69 Å². The second-order valence-electron chi connectivity index (χ2n) is 4.39. The highest BCUT2D eigenvalue weighted by Gasteiger charge is 2.15. The van der Waals surface area contributed by atoms with E-state index in [0.29, 0.717) is 6.10 Å². The maximum absolute atomic E-state index is 11.8. The van der Waals surface area contributed by atoms with Crippen LogP contribution in [0.25, 0.3) is 0 Å². The quantitative estimate of drug-likeness (QED) is 0.762. The minimum absolute atomic E-state index is 0.111. The summed E-state index contributed by atoms with van der Waals surface area (Å²) in [6.07, 6.45) is 8.38. The predicted octanol–water partition coefficient (Wildman–Crippen LogP) is 1.63. The molecule has 1 aromatic rings.